The van der Waals surface area contributed by atoms with Gasteiger partial charge in [0.2, 0.25) is 0 Å². The summed E-state index contributed by atoms with van der Waals surface area (Å²) in [6.07, 6.45) is 0.905. The molecule has 1 heterocycles. The van der Waals surface area contributed by atoms with Crippen LogP contribution in [-0.2, 0) is 0 Å². The van der Waals surface area contributed by atoms with E-state index in [4.69, 9.17) is 0 Å². The Bertz CT molecular complexity index is 429. The second-order valence-electron chi connectivity index (χ2n) is 3.98. The van der Waals surface area contributed by atoms with Crippen LogP contribution in [0.25, 0.3) is 0 Å². The Morgan fingerprint density at radius 1 is 1.62 bits per heavy atom. The number of nitrogens with one attached hydrogen (secondary N) is 1. The fourth-order valence-corrected chi connectivity index (χ4v) is 3.61. The third-order valence-electron chi connectivity index (χ3n) is 2.95. The summed E-state index contributed by atoms with van der Waals surface area (Å²) in [6, 6.07) is 10.4. The molecule has 0 amide bonds. The molecule has 16 heavy (non-hydrogen) atoms. The van der Waals surface area contributed by atoms with E-state index in [-0.39, 0.29) is 0 Å². The predicted octanol–water partition coefficient (Wildman–Crippen LogP) is 3.65. The lowest BCUT2D eigenvalue weighted by Crippen LogP contribution is -2.41. The Morgan fingerprint density at radius 2 is 2.44 bits per heavy atom. The van der Waals surface area contributed by atoms with E-state index in [9.17, 15) is 5.26 Å². The number of anilines is 1. The van der Waals surface area contributed by atoms with Crippen molar-refractivity contribution in [1.82, 2.24) is 0 Å². The lowest BCUT2D eigenvalue weighted by molar-refractivity contribution is 0.592. The Morgan fingerprint density at radius 3 is 3.00 bits per heavy atom. The van der Waals surface area contributed by atoms with Crippen LogP contribution in [0.5, 0.6) is 0 Å². The molecule has 0 radical (unpaired) electrons. The predicted molar refractivity (Wildman–Crippen MR) is 72.6 cm³/mol. The molecular formula is C12H13BrN2S. The number of nitrogens with zero attached hydrogens (tertiary/aromatic N) is 1. The molecule has 0 aromatic heterocycles. The smallest absolute Gasteiger partial charge is 0.137 e. The topological polar surface area (TPSA) is 35.8 Å². The average molecular weight is 297 g/mol. The standard InChI is InChI=1S/C12H13BrN2S/c1-9-12(8-14,5-6-16-9)15-11-4-2-3-10(13)7-11/h2-4,7,9,15H,5-6H2,1H3. The first-order valence-corrected chi connectivity index (χ1v) is 7.07. The van der Waals surface area contributed by atoms with E-state index in [2.05, 4.69) is 34.2 Å². The summed E-state index contributed by atoms with van der Waals surface area (Å²) in [7, 11) is 0. The van der Waals surface area contributed by atoms with Crippen LogP contribution in [0.15, 0.2) is 28.7 Å². The van der Waals surface area contributed by atoms with Crippen LogP contribution in [0.1, 0.15) is 13.3 Å². The summed E-state index contributed by atoms with van der Waals surface area (Å²) >= 11 is 5.29. The third-order valence-corrected chi connectivity index (χ3v) is 4.79. The highest BCUT2D eigenvalue weighted by Crippen LogP contribution is 2.38. The van der Waals surface area contributed by atoms with Crippen LogP contribution in [0.4, 0.5) is 5.69 Å². The maximum atomic E-state index is 9.38. The molecule has 84 valence electrons. The van der Waals surface area contributed by atoms with Crippen molar-refractivity contribution in [3.63, 3.8) is 0 Å². The molecule has 1 aromatic carbocycles. The quantitative estimate of drug-likeness (QED) is 0.905. The molecule has 0 saturated carbocycles. The van der Waals surface area contributed by atoms with Crippen molar-refractivity contribution in [3.8, 4) is 6.07 Å². The average Bonchev–Trinajstić information content (AvgIpc) is 2.61. The van der Waals surface area contributed by atoms with Crippen LogP contribution in [0, 0.1) is 11.3 Å². The summed E-state index contributed by atoms with van der Waals surface area (Å²) in [5.41, 5.74) is 0.594. The molecule has 0 bridgehead atoms. The van der Waals surface area contributed by atoms with E-state index in [1.807, 2.05) is 36.0 Å². The molecule has 1 N–H and O–H groups in total. The van der Waals surface area contributed by atoms with Gasteiger partial charge in [-0.25, -0.2) is 0 Å². The maximum Gasteiger partial charge on any atom is 0.137 e. The van der Waals surface area contributed by atoms with Gasteiger partial charge in [0.25, 0.3) is 0 Å². The number of nitriles is 1. The first-order valence-electron chi connectivity index (χ1n) is 5.23. The third kappa shape index (κ3) is 2.21. The largest absolute Gasteiger partial charge is 0.366 e. The second-order valence-corrected chi connectivity index (χ2v) is 6.35. The number of rotatable bonds is 2. The first-order chi connectivity index (χ1) is 7.66. The van der Waals surface area contributed by atoms with E-state index in [0.717, 1.165) is 22.3 Å². The monoisotopic (exact) mass is 296 g/mol. The summed E-state index contributed by atoms with van der Waals surface area (Å²) in [6.45, 7) is 2.12. The van der Waals surface area contributed by atoms with Gasteiger partial charge in [0, 0.05) is 15.4 Å². The molecule has 1 saturated heterocycles. The zero-order valence-corrected chi connectivity index (χ0v) is 11.4. The maximum absolute atomic E-state index is 9.38. The molecular weight excluding hydrogens is 284 g/mol. The van der Waals surface area contributed by atoms with Crippen LogP contribution in [0.3, 0.4) is 0 Å². The molecule has 2 atom stereocenters. The summed E-state index contributed by atoms with van der Waals surface area (Å²) in [5, 5.41) is 13.1. The van der Waals surface area contributed by atoms with Crippen molar-refractivity contribution in [2.24, 2.45) is 0 Å². The van der Waals surface area contributed by atoms with Gasteiger partial charge in [0.1, 0.15) is 5.54 Å². The minimum Gasteiger partial charge on any atom is -0.366 e. The molecule has 4 heteroatoms. The van der Waals surface area contributed by atoms with Crippen molar-refractivity contribution in [3.05, 3.63) is 28.7 Å². The lowest BCUT2D eigenvalue weighted by Gasteiger charge is -2.27. The molecule has 0 spiro atoms. The van der Waals surface area contributed by atoms with E-state index < -0.39 is 5.54 Å². The number of thioether (sulfide) groups is 1. The highest BCUT2D eigenvalue weighted by atomic mass is 79.9. The number of hydrogen-bond acceptors (Lipinski definition) is 3. The summed E-state index contributed by atoms with van der Waals surface area (Å²) < 4.78 is 1.03. The van der Waals surface area contributed by atoms with Gasteiger partial charge in [0.15, 0.2) is 0 Å². The van der Waals surface area contributed by atoms with Crippen molar-refractivity contribution < 1.29 is 0 Å². The molecule has 1 aromatic rings. The number of hydrogen-bond donors (Lipinski definition) is 1. The molecule has 0 aliphatic carbocycles. The van der Waals surface area contributed by atoms with E-state index in [0.29, 0.717) is 5.25 Å². The molecule has 1 fully saturated rings. The first kappa shape index (κ1) is 11.8. The molecule has 2 unspecified atom stereocenters. The van der Waals surface area contributed by atoms with Gasteiger partial charge in [-0.3, -0.25) is 0 Å². The van der Waals surface area contributed by atoms with E-state index in [1.54, 1.807) is 0 Å². The zero-order chi connectivity index (χ0) is 11.6. The molecule has 1 aliphatic rings. The minimum absolute atomic E-state index is 0.330. The van der Waals surface area contributed by atoms with Gasteiger partial charge in [-0.05, 0) is 37.3 Å². The van der Waals surface area contributed by atoms with Gasteiger partial charge in [-0.15, -0.1) is 0 Å². The second kappa shape index (κ2) is 4.68. The highest BCUT2D eigenvalue weighted by molar-refractivity contribution is 9.10. The highest BCUT2D eigenvalue weighted by Gasteiger charge is 2.41. The number of halogens is 1. The fourth-order valence-electron chi connectivity index (χ4n) is 1.90. The molecule has 2 rings (SSSR count). The Kier molecular flexibility index (Phi) is 3.46. The molecule has 2 nitrogen and oxygen atoms in total. The van der Waals surface area contributed by atoms with Crippen LogP contribution in [0.2, 0.25) is 0 Å². The lowest BCUT2D eigenvalue weighted by atomic mass is 9.94. The van der Waals surface area contributed by atoms with Gasteiger partial charge >= 0.3 is 0 Å². The minimum atomic E-state index is -0.411. The SMILES string of the molecule is CC1SCCC1(C#N)Nc1cccc(Br)c1. The van der Waals surface area contributed by atoms with Gasteiger partial charge in [-0.1, -0.05) is 22.0 Å². The van der Waals surface area contributed by atoms with E-state index in [1.165, 1.54) is 0 Å². The van der Waals surface area contributed by atoms with Gasteiger partial charge in [0.05, 0.1) is 6.07 Å². The summed E-state index contributed by atoms with van der Waals surface area (Å²) in [5.74, 6) is 1.05. The number of benzene rings is 1. The van der Waals surface area contributed by atoms with Crippen LogP contribution in [-0.4, -0.2) is 16.5 Å². The van der Waals surface area contributed by atoms with Crippen molar-refractivity contribution in [2.45, 2.75) is 24.1 Å². The Labute approximate surface area is 109 Å². The van der Waals surface area contributed by atoms with Gasteiger partial charge in [-0.2, -0.15) is 17.0 Å². The van der Waals surface area contributed by atoms with Crippen molar-refractivity contribution >= 4 is 33.4 Å². The molecule has 1 aliphatic heterocycles. The van der Waals surface area contributed by atoms with Crippen molar-refractivity contribution in [2.75, 3.05) is 11.1 Å². The van der Waals surface area contributed by atoms with Crippen LogP contribution < -0.4 is 5.32 Å². The zero-order valence-electron chi connectivity index (χ0n) is 9.03. The van der Waals surface area contributed by atoms with Crippen molar-refractivity contribution in [1.29, 1.82) is 5.26 Å². The van der Waals surface area contributed by atoms with Gasteiger partial charge < -0.3 is 5.32 Å². The Hall–Kier alpha value is -0.660. The van der Waals surface area contributed by atoms with E-state index >= 15 is 0 Å². The van der Waals surface area contributed by atoms with Crippen LogP contribution >= 0.6 is 27.7 Å². The normalized spacial score (nSPS) is 28.7. The fraction of sp³-hybridized carbons (Fsp3) is 0.417. The summed E-state index contributed by atoms with van der Waals surface area (Å²) in [4.78, 5) is 0. The Balaban J connectivity index is 2.23.